The van der Waals surface area contributed by atoms with Crippen molar-refractivity contribution in [3.8, 4) is 0 Å². The smallest absolute Gasteiger partial charge is 0.306 e. The van der Waals surface area contributed by atoms with E-state index in [-0.39, 0.29) is 24.1 Å². The Bertz CT molecular complexity index is 367. The van der Waals surface area contributed by atoms with Crippen LogP contribution in [-0.2, 0) is 19.1 Å². The fourth-order valence-electron chi connectivity index (χ4n) is 2.29. The van der Waals surface area contributed by atoms with Gasteiger partial charge in [0.2, 0.25) is 0 Å². The number of carbonyl (C=O) groups is 2. The Labute approximate surface area is 114 Å². The van der Waals surface area contributed by atoms with Crippen molar-refractivity contribution in [1.29, 1.82) is 0 Å². The molecule has 0 aromatic heterocycles. The van der Waals surface area contributed by atoms with Crippen LogP contribution < -0.4 is 0 Å². The van der Waals surface area contributed by atoms with Gasteiger partial charge >= 0.3 is 5.97 Å². The molecule has 0 spiro atoms. The molecule has 1 aliphatic rings. The molecule has 0 aromatic rings. The maximum atomic E-state index is 11.9. The molecule has 1 N–H and O–H groups in total. The number of carbonyl (C=O) groups excluding carboxylic acids is 2. The van der Waals surface area contributed by atoms with E-state index in [4.69, 9.17) is 9.47 Å². The van der Waals surface area contributed by atoms with Crippen molar-refractivity contribution >= 4 is 11.8 Å². The molecule has 110 valence electrons. The van der Waals surface area contributed by atoms with Crippen LogP contribution in [0.1, 0.15) is 48.0 Å². The molecule has 3 atom stereocenters. The Morgan fingerprint density at radius 2 is 1.84 bits per heavy atom. The summed E-state index contributed by atoms with van der Waals surface area (Å²) in [5.74, 6) is -0.942. The molecule has 1 heterocycles. The van der Waals surface area contributed by atoms with Gasteiger partial charge in [-0.15, -0.1) is 0 Å². The minimum absolute atomic E-state index is 0.0611. The van der Waals surface area contributed by atoms with Crippen molar-refractivity contribution in [3.05, 3.63) is 0 Å². The summed E-state index contributed by atoms with van der Waals surface area (Å²) < 4.78 is 10.5. The van der Waals surface area contributed by atoms with Gasteiger partial charge in [-0.05, 0) is 27.7 Å². The van der Waals surface area contributed by atoms with Gasteiger partial charge in [0, 0.05) is 11.3 Å². The lowest BCUT2D eigenvalue weighted by Crippen LogP contribution is -2.36. The third-order valence-electron chi connectivity index (χ3n) is 3.44. The second kappa shape index (κ2) is 5.21. The van der Waals surface area contributed by atoms with Crippen LogP contribution in [0.15, 0.2) is 0 Å². The summed E-state index contributed by atoms with van der Waals surface area (Å²) in [6, 6.07) is 0. The average molecular weight is 272 g/mol. The van der Waals surface area contributed by atoms with Crippen LogP contribution in [-0.4, -0.2) is 34.9 Å². The molecule has 0 bridgehead atoms. The van der Waals surface area contributed by atoms with E-state index in [1.165, 1.54) is 6.92 Å². The standard InChI is InChI=1S/C14H24O5/c1-8(15)11-9(14(5,6)12(17)18-11)7-10(16)19-13(2,3)4/h9,11-12,17H,7H2,1-6H3/t9-,11?,12?/m0/s1. The molecule has 0 radical (unpaired) electrons. The quantitative estimate of drug-likeness (QED) is 0.791. The SMILES string of the molecule is CC(=O)C1OC(O)C(C)(C)[C@H]1CC(=O)OC(C)(C)C. The molecule has 0 saturated carbocycles. The Kier molecular flexibility index (Phi) is 4.42. The van der Waals surface area contributed by atoms with Crippen LogP contribution in [0.25, 0.3) is 0 Å². The number of esters is 1. The number of hydrogen-bond acceptors (Lipinski definition) is 5. The van der Waals surface area contributed by atoms with Gasteiger partial charge in [-0.2, -0.15) is 0 Å². The molecule has 5 heteroatoms. The van der Waals surface area contributed by atoms with E-state index in [9.17, 15) is 14.7 Å². The normalized spacial score (nSPS) is 30.2. The number of rotatable bonds is 3. The first kappa shape index (κ1) is 16.1. The summed E-state index contributed by atoms with van der Waals surface area (Å²) in [4.78, 5) is 23.5. The minimum Gasteiger partial charge on any atom is -0.460 e. The van der Waals surface area contributed by atoms with E-state index in [1.54, 1.807) is 34.6 Å². The molecular formula is C14H24O5. The first-order valence-electron chi connectivity index (χ1n) is 6.51. The molecule has 5 nitrogen and oxygen atoms in total. The summed E-state index contributed by atoms with van der Waals surface area (Å²) in [6.45, 7) is 10.3. The van der Waals surface area contributed by atoms with E-state index in [2.05, 4.69) is 0 Å². The maximum absolute atomic E-state index is 11.9. The first-order valence-corrected chi connectivity index (χ1v) is 6.51. The Morgan fingerprint density at radius 1 is 1.32 bits per heavy atom. The second-order valence-electron chi connectivity index (χ2n) is 6.74. The molecule has 1 fully saturated rings. The van der Waals surface area contributed by atoms with Crippen molar-refractivity contribution in [2.75, 3.05) is 0 Å². The van der Waals surface area contributed by atoms with Gasteiger partial charge in [-0.25, -0.2) is 0 Å². The third-order valence-corrected chi connectivity index (χ3v) is 3.44. The highest BCUT2D eigenvalue weighted by Gasteiger charge is 2.52. The van der Waals surface area contributed by atoms with Crippen LogP contribution in [0.4, 0.5) is 0 Å². The molecule has 1 saturated heterocycles. The lowest BCUT2D eigenvalue weighted by molar-refractivity contribution is -0.157. The predicted molar refractivity (Wildman–Crippen MR) is 69.3 cm³/mol. The van der Waals surface area contributed by atoms with Crippen molar-refractivity contribution in [3.63, 3.8) is 0 Å². The zero-order valence-corrected chi connectivity index (χ0v) is 12.5. The van der Waals surface area contributed by atoms with Crippen LogP contribution >= 0.6 is 0 Å². The molecular weight excluding hydrogens is 248 g/mol. The van der Waals surface area contributed by atoms with Crippen molar-refractivity contribution < 1.29 is 24.2 Å². The van der Waals surface area contributed by atoms with Crippen molar-refractivity contribution in [2.24, 2.45) is 11.3 Å². The van der Waals surface area contributed by atoms with E-state index >= 15 is 0 Å². The second-order valence-corrected chi connectivity index (χ2v) is 6.74. The summed E-state index contributed by atoms with van der Waals surface area (Å²) in [6.07, 6.45) is -1.74. The first-order chi connectivity index (χ1) is 8.45. The molecule has 0 amide bonds. The number of ether oxygens (including phenoxy) is 2. The fraction of sp³-hybridized carbons (Fsp3) is 0.857. The summed E-state index contributed by atoms with van der Waals surface area (Å²) >= 11 is 0. The maximum Gasteiger partial charge on any atom is 0.306 e. The van der Waals surface area contributed by atoms with Gasteiger partial charge < -0.3 is 14.6 Å². The van der Waals surface area contributed by atoms with E-state index in [0.717, 1.165) is 0 Å². The predicted octanol–water partition coefficient (Wildman–Crippen LogP) is 1.67. The Hall–Kier alpha value is -0.940. The van der Waals surface area contributed by atoms with Gasteiger partial charge in [0.05, 0.1) is 6.42 Å². The highest BCUT2D eigenvalue weighted by atomic mass is 16.6. The van der Waals surface area contributed by atoms with Gasteiger partial charge in [0.15, 0.2) is 12.1 Å². The van der Waals surface area contributed by atoms with Gasteiger partial charge in [-0.3, -0.25) is 9.59 Å². The number of aliphatic hydroxyl groups is 1. The van der Waals surface area contributed by atoms with Gasteiger partial charge in [0.1, 0.15) is 11.7 Å². The molecule has 19 heavy (non-hydrogen) atoms. The topological polar surface area (TPSA) is 72.8 Å². The van der Waals surface area contributed by atoms with Crippen LogP contribution in [0, 0.1) is 11.3 Å². The van der Waals surface area contributed by atoms with E-state index in [0.29, 0.717) is 0 Å². The van der Waals surface area contributed by atoms with Crippen molar-refractivity contribution in [2.45, 2.75) is 66.0 Å². The summed E-state index contributed by atoms with van der Waals surface area (Å²) in [7, 11) is 0. The zero-order valence-electron chi connectivity index (χ0n) is 12.5. The van der Waals surface area contributed by atoms with E-state index in [1.807, 2.05) is 0 Å². The number of hydrogen-bond donors (Lipinski definition) is 1. The monoisotopic (exact) mass is 272 g/mol. The van der Waals surface area contributed by atoms with Gasteiger partial charge in [-0.1, -0.05) is 13.8 Å². The molecule has 0 aromatic carbocycles. The highest BCUT2D eigenvalue weighted by molar-refractivity contribution is 5.82. The average Bonchev–Trinajstić information content (AvgIpc) is 2.39. The van der Waals surface area contributed by atoms with Gasteiger partial charge in [0.25, 0.3) is 0 Å². The van der Waals surface area contributed by atoms with Crippen LogP contribution in [0.2, 0.25) is 0 Å². The summed E-state index contributed by atoms with van der Waals surface area (Å²) in [5.41, 5.74) is -1.22. The molecule has 2 unspecified atom stereocenters. The summed E-state index contributed by atoms with van der Waals surface area (Å²) in [5, 5.41) is 9.87. The number of ketones is 1. The Balaban J connectivity index is 2.83. The van der Waals surface area contributed by atoms with Crippen LogP contribution in [0.3, 0.4) is 0 Å². The zero-order chi connectivity index (χ0) is 15.0. The largest absolute Gasteiger partial charge is 0.460 e. The lowest BCUT2D eigenvalue weighted by Gasteiger charge is -2.29. The molecule has 1 rings (SSSR count). The lowest BCUT2D eigenvalue weighted by atomic mass is 9.75. The Morgan fingerprint density at radius 3 is 2.26 bits per heavy atom. The molecule has 0 aliphatic carbocycles. The molecule has 1 aliphatic heterocycles. The van der Waals surface area contributed by atoms with Crippen LogP contribution in [0.5, 0.6) is 0 Å². The number of aliphatic hydroxyl groups excluding tert-OH is 1. The van der Waals surface area contributed by atoms with E-state index < -0.39 is 23.4 Å². The highest BCUT2D eigenvalue weighted by Crippen LogP contribution is 2.44. The fourth-order valence-corrected chi connectivity index (χ4v) is 2.29. The number of Topliss-reactive ketones (excluding diaryl/α,β-unsaturated/α-hetero) is 1. The third kappa shape index (κ3) is 3.76. The van der Waals surface area contributed by atoms with Crippen molar-refractivity contribution in [1.82, 2.24) is 0 Å². The minimum atomic E-state index is -1.05.